The summed E-state index contributed by atoms with van der Waals surface area (Å²) < 4.78 is 0. The number of hydrogen-bond donors (Lipinski definition) is 0. The molecule has 0 N–H and O–H groups in total. The van der Waals surface area contributed by atoms with Gasteiger partial charge in [-0.1, -0.05) is 6.92 Å². The summed E-state index contributed by atoms with van der Waals surface area (Å²) in [6.07, 6.45) is 0.556. The molecule has 37 valence electrons. The highest BCUT2D eigenvalue weighted by Crippen LogP contribution is 1.70. The number of ketones is 1. The fourth-order valence-electron chi connectivity index (χ4n) is 0. The van der Waals surface area contributed by atoms with Gasteiger partial charge in [-0.25, -0.2) is 0 Å². The zero-order chi connectivity index (χ0) is 4.28. The van der Waals surface area contributed by atoms with Gasteiger partial charge in [0.25, 0.3) is 0 Å². The molecule has 0 aromatic heterocycles. The Labute approximate surface area is 44.1 Å². The summed E-state index contributed by atoms with van der Waals surface area (Å²) >= 11 is 0. The van der Waals surface area contributed by atoms with Gasteiger partial charge >= 0.3 is 0 Å². The second-order valence-electron chi connectivity index (χ2n) is 0.892. The average molecular weight is 108 g/mol. The third-order valence-electron chi connectivity index (χ3n) is 0.394. The van der Waals surface area contributed by atoms with E-state index >= 15 is 0 Å². The van der Waals surface area contributed by atoms with E-state index in [4.69, 9.17) is 0 Å². The Kier molecular flexibility index (Phi) is 7.73. The summed E-state index contributed by atoms with van der Waals surface area (Å²) in [6, 6.07) is 0. The van der Waals surface area contributed by atoms with E-state index in [0.717, 1.165) is 0 Å². The Morgan fingerprint density at radius 2 is 2.00 bits per heavy atom. The molecule has 0 bridgehead atoms. The fourth-order valence-corrected chi connectivity index (χ4v) is 0. The van der Waals surface area contributed by atoms with Crippen molar-refractivity contribution in [3.63, 3.8) is 0 Å². The number of halogens is 1. The molecule has 0 saturated carbocycles. The van der Waals surface area contributed by atoms with E-state index < -0.39 is 0 Å². The van der Waals surface area contributed by atoms with Crippen molar-refractivity contribution in [2.45, 2.75) is 13.3 Å². The molecular weight excluding hydrogens is 99.5 g/mol. The van der Waals surface area contributed by atoms with Crippen molar-refractivity contribution in [1.29, 1.82) is 0 Å². The van der Waals surface area contributed by atoms with Crippen molar-refractivity contribution in [2.75, 3.05) is 0 Å². The van der Waals surface area contributed by atoms with Crippen LogP contribution in [0.3, 0.4) is 0 Å². The van der Waals surface area contributed by atoms with Crippen LogP contribution in [0.4, 0.5) is 0 Å². The quantitative estimate of drug-likeness (QED) is 0.493. The Balaban J connectivity index is 0. The van der Waals surface area contributed by atoms with Crippen molar-refractivity contribution >= 4 is 18.2 Å². The Hall–Kier alpha value is -0.0400. The van der Waals surface area contributed by atoms with E-state index in [1.54, 1.807) is 6.92 Å². The fraction of sp³-hybridized carbons (Fsp3) is 0.500. The number of rotatable bonds is 1. The summed E-state index contributed by atoms with van der Waals surface area (Å²) in [5, 5.41) is 0. The van der Waals surface area contributed by atoms with E-state index in [1.807, 2.05) is 0 Å². The molecule has 1 radical (unpaired) electrons. The average Bonchev–Trinajstić information content (AvgIpc) is 1.38. The van der Waals surface area contributed by atoms with Crippen molar-refractivity contribution in [3.05, 3.63) is 6.92 Å². The Morgan fingerprint density at radius 1 is 1.83 bits per heavy atom. The van der Waals surface area contributed by atoms with E-state index in [9.17, 15) is 4.79 Å². The van der Waals surface area contributed by atoms with Crippen LogP contribution in [0.25, 0.3) is 0 Å². The maximum Gasteiger partial charge on any atom is 0.133 e. The molecule has 0 aromatic carbocycles. The van der Waals surface area contributed by atoms with Crippen LogP contribution in [0, 0.1) is 6.92 Å². The van der Waals surface area contributed by atoms with Crippen LogP contribution in [0.1, 0.15) is 13.3 Å². The van der Waals surface area contributed by atoms with Gasteiger partial charge in [0.05, 0.1) is 0 Å². The molecule has 0 amide bonds. The van der Waals surface area contributed by atoms with Crippen molar-refractivity contribution in [2.24, 2.45) is 0 Å². The Bertz CT molecular complexity index is 42.8. The van der Waals surface area contributed by atoms with Gasteiger partial charge in [-0.05, 0) is 0 Å². The zero-order valence-electron chi connectivity index (χ0n) is 3.73. The van der Waals surface area contributed by atoms with Crippen LogP contribution < -0.4 is 0 Å². The van der Waals surface area contributed by atoms with Crippen LogP contribution in [-0.4, -0.2) is 5.78 Å². The first kappa shape index (κ1) is 9.35. The summed E-state index contributed by atoms with van der Waals surface area (Å²) in [4.78, 5) is 9.70. The van der Waals surface area contributed by atoms with Crippen molar-refractivity contribution in [1.82, 2.24) is 0 Å². The molecule has 0 unspecified atom stereocenters. The van der Waals surface area contributed by atoms with Crippen LogP contribution in [0.2, 0.25) is 0 Å². The third-order valence-corrected chi connectivity index (χ3v) is 0.394. The van der Waals surface area contributed by atoms with E-state index in [1.165, 1.54) is 0 Å². The van der Waals surface area contributed by atoms with Gasteiger partial charge in [0.1, 0.15) is 5.78 Å². The molecule has 0 rings (SSSR count). The summed E-state index contributed by atoms with van der Waals surface area (Å²) in [5.41, 5.74) is 0. The van der Waals surface area contributed by atoms with Gasteiger partial charge in [-0.2, -0.15) is 0 Å². The maximum absolute atomic E-state index is 9.70. The monoisotopic (exact) mass is 107 g/mol. The van der Waals surface area contributed by atoms with Gasteiger partial charge in [0.2, 0.25) is 0 Å². The first-order chi connectivity index (χ1) is 2.27. The summed E-state index contributed by atoms with van der Waals surface area (Å²) in [6.45, 7) is 4.91. The minimum atomic E-state index is 0. The number of carbonyl (C=O) groups is 1. The highest BCUT2D eigenvalue weighted by Gasteiger charge is 1.77. The zero-order valence-corrected chi connectivity index (χ0v) is 4.55. The molecular formula is C4H8ClO. The first-order valence-corrected chi connectivity index (χ1v) is 1.62. The third kappa shape index (κ3) is 9.03. The topological polar surface area (TPSA) is 17.1 Å². The lowest BCUT2D eigenvalue weighted by Gasteiger charge is -1.71. The van der Waals surface area contributed by atoms with Crippen LogP contribution in [0.15, 0.2) is 0 Å². The number of carbonyl (C=O) groups excluding carboxylic acids is 1. The van der Waals surface area contributed by atoms with Gasteiger partial charge < -0.3 is 0 Å². The molecule has 0 heterocycles. The standard InChI is InChI=1S/C4H7O.ClH/c1-3-4(2)5;/h2-3H2,1H3;1H. The smallest absolute Gasteiger partial charge is 0.133 e. The molecule has 0 aliphatic rings. The van der Waals surface area contributed by atoms with E-state index in [0.29, 0.717) is 6.42 Å². The van der Waals surface area contributed by atoms with E-state index in [2.05, 4.69) is 6.92 Å². The minimum absolute atomic E-state index is 0. The molecule has 0 atom stereocenters. The maximum atomic E-state index is 9.70. The molecule has 0 aliphatic carbocycles. The molecule has 0 fully saturated rings. The Morgan fingerprint density at radius 3 is 2.00 bits per heavy atom. The van der Waals surface area contributed by atoms with Gasteiger partial charge in [0, 0.05) is 13.3 Å². The van der Waals surface area contributed by atoms with Crippen LogP contribution >= 0.6 is 12.4 Å². The van der Waals surface area contributed by atoms with Crippen molar-refractivity contribution < 1.29 is 4.79 Å². The molecule has 6 heavy (non-hydrogen) atoms. The largest absolute Gasteiger partial charge is 0.300 e. The molecule has 0 aromatic rings. The molecule has 0 spiro atoms. The van der Waals surface area contributed by atoms with Crippen LogP contribution in [0.5, 0.6) is 0 Å². The number of Topliss-reactive ketones (excluding diaryl/α,β-unsaturated/α-hetero) is 1. The predicted octanol–water partition coefficient (Wildman–Crippen LogP) is 1.22. The van der Waals surface area contributed by atoms with Gasteiger partial charge in [0.15, 0.2) is 0 Å². The summed E-state index contributed by atoms with van der Waals surface area (Å²) in [7, 11) is 0. The first-order valence-electron chi connectivity index (χ1n) is 1.62. The molecule has 1 nitrogen and oxygen atoms in total. The lowest BCUT2D eigenvalue weighted by molar-refractivity contribution is -0.114. The molecule has 0 saturated heterocycles. The lowest BCUT2D eigenvalue weighted by atomic mass is 10.4. The minimum Gasteiger partial charge on any atom is -0.300 e. The van der Waals surface area contributed by atoms with E-state index in [-0.39, 0.29) is 18.2 Å². The van der Waals surface area contributed by atoms with Gasteiger partial charge in [-0.15, -0.1) is 12.4 Å². The predicted molar refractivity (Wildman–Crippen MR) is 27.9 cm³/mol. The molecule has 2 heteroatoms. The lowest BCUT2D eigenvalue weighted by Crippen LogP contribution is -1.81. The molecule has 0 aliphatic heterocycles. The highest BCUT2D eigenvalue weighted by atomic mass is 35.5. The second-order valence-corrected chi connectivity index (χ2v) is 0.892. The highest BCUT2D eigenvalue weighted by molar-refractivity contribution is 5.85. The van der Waals surface area contributed by atoms with Crippen molar-refractivity contribution in [3.8, 4) is 0 Å². The summed E-state index contributed by atoms with van der Waals surface area (Å²) in [5.74, 6) is 0.00463. The van der Waals surface area contributed by atoms with Gasteiger partial charge in [-0.3, -0.25) is 4.79 Å². The normalized spacial score (nSPS) is 6.33. The number of hydrogen-bond acceptors (Lipinski definition) is 1. The SMILES string of the molecule is Cl.[CH2]C(=O)CC. The second kappa shape index (κ2) is 4.96. The van der Waals surface area contributed by atoms with Crippen LogP contribution in [-0.2, 0) is 4.79 Å².